The zero-order chi connectivity index (χ0) is 9.61. The first-order valence-electron chi connectivity index (χ1n) is 3.83. The first kappa shape index (κ1) is 10.8. The highest BCUT2D eigenvalue weighted by Crippen LogP contribution is 2.10. The fourth-order valence-electron chi connectivity index (χ4n) is 0.515. The van der Waals surface area contributed by atoms with Gasteiger partial charge in [-0.05, 0) is 20.8 Å². The van der Waals surface area contributed by atoms with Crippen LogP contribution in [0.2, 0.25) is 0 Å². The van der Waals surface area contributed by atoms with E-state index in [9.17, 15) is 4.79 Å². The molecule has 0 fully saturated rings. The average Bonchev–Trinajstić information content (AvgIpc) is 2.02. The number of amides is 1. The van der Waals surface area contributed by atoms with Gasteiger partial charge in [0.2, 0.25) is 0 Å². The molecule has 0 aromatic rings. The number of alkyl carbamates (subject to hydrolysis) is 1. The molecule has 68 valence electrons. The Morgan fingerprint density at radius 2 is 2.25 bits per heavy atom. The third-order valence-electron chi connectivity index (χ3n) is 1.25. The normalized spacial score (nSPS) is 10.2. The lowest BCUT2D eigenvalue weighted by molar-refractivity contribution is 0.149. The monoisotopic (exact) mass is 170 g/mol. The maximum atomic E-state index is 10.8. The second-order valence-corrected chi connectivity index (χ2v) is 3.07. The highest BCUT2D eigenvalue weighted by Gasteiger charge is 2.17. The standard InChI is InChI=1S/C8H14N2O2/c1-4-12-7(11)10-6-8(2,3)5-9/h4,6H2,1-3H3,(H,10,11). The maximum absolute atomic E-state index is 10.8. The zero-order valence-electron chi connectivity index (χ0n) is 7.68. The van der Waals surface area contributed by atoms with Gasteiger partial charge in [0, 0.05) is 6.54 Å². The number of carbonyl (C=O) groups is 1. The van der Waals surface area contributed by atoms with E-state index in [-0.39, 0.29) is 0 Å². The fraction of sp³-hybridized carbons (Fsp3) is 0.750. The molecule has 0 aliphatic rings. The third-order valence-corrected chi connectivity index (χ3v) is 1.25. The minimum absolute atomic E-state index is 0.308. The number of carbonyl (C=O) groups excluding carboxylic acids is 1. The summed E-state index contributed by atoms with van der Waals surface area (Å²) in [6, 6.07) is 2.07. The molecule has 4 heteroatoms. The molecule has 0 spiro atoms. The number of hydrogen-bond acceptors (Lipinski definition) is 3. The summed E-state index contributed by atoms with van der Waals surface area (Å²) in [5.41, 5.74) is -0.535. The minimum Gasteiger partial charge on any atom is -0.450 e. The van der Waals surface area contributed by atoms with E-state index in [0.29, 0.717) is 13.2 Å². The lowest BCUT2D eigenvalue weighted by Crippen LogP contribution is -2.33. The highest BCUT2D eigenvalue weighted by molar-refractivity contribution is 5.67. The molecule has 4 nitrogen and oxygen atoms in total. The van der Waals surface area contributed by atoms with Crippen molar-refractivity contribution in [2.45, 2.75) is 20.8 Å². The second kappa shape index (κ2) is 4.60. The molecule has 0 saturated carbocycles. The van der Waals surface area contributed by atoms with Crippen molar-refractivity contribution in [3.05, 3.63) is 0 Å². The van der Waals surface area contributed by atoms with Crippen molar-refractivity contribution >= 4 is 6.09 Å². The van der Waals surface area contributed by atoms with Crippen LogP contribution in [0.5, 0.6) is 0 Å². The lowest BCUT2D eigenvalue weighted by Gasteiger charge is -2.15. The molecule has 0 heterocycles. The van der Waals surface area contributed by atoms with E-state index in [1.807, 2.05) is 0 Å². The largest absolute Gasteiger partial charge is 0.450 e. The Hall–Kier alpha value is -1.24. The topological polar surface area (TPSA) is 62.1 Å². The fourth-order valence-corrected chi connectivity index (χ4v) is 0.515. The van der Waals surface area contributed by atoms with Crippen molar-refractivity contribution in [1.29, 1.82) is 5.26 Å². The SMILES string of the molecule is CCOC(=O)NCC(C)(C)C#N. The van der Waals surface area contributed by atoms with Crippen molar-refractivity contribution in [3.8, 4) is 6.07 Å². The molecule has 1 N–H and O–H groups in total. The first-order chi connectivity index (χ1) is 5.52. The van der Waals surface area contributed by atoms with Gasteiger partial charge < -0.3 is 10.1 Å². The molecule has 0 aromatic carbocycles. The number of nitrogens with one attached hydrogen (secondary N) is 1. The van der Waals surface area contributed by atoms with Gasteiger partial charge in [-0.15, -0.1) is 0 Å². The van der Waals surface area contributed by atoms with Crippen molar-refractivity contribution in [1.82, 2.24) is 5.32 Å². The number of ether oxygens (including phenoxy) is 1. The molecule has 0 unspecified atom stereocenters. The van der Waals surface area contributed by atoms with Gasteiger partial charge in [0.15, 0.2) is 0 Å². The first-order valence-corrected chi connectivity index (χ1v) is 3.83. The number of nitriles is 1. The predicted octanol–water partition coefficient (Wildman–Crippen LogP) is 1.28. The molecule has 0 bridgehead atoms. The molecule has 0 aliphatic heterocycles. The van der Waals surface area contributed by atoms with Crippen LogP contribution >= 0.6 is 0 Å². The number of hydrogen-bond donors (Lipinski definition) is 1. The molecule has 0 radical (unpaired) electrons. The van der Waals surface area contributed by atoms with Crippen LogP contribution < -0.4 is 5.32 Å². The third kappa shape index (κ3) is 4.56. The van der Waals surface area contributed by atoms with E-state index in [2.05, 4.69) is 16.1 Å². The summed E-state index contributed by atoms with van der Waals surface area (Å²) in [5, 5.41) is 11.1. The molecule has 0 rings (SSSR count). The summed E-state index contributed by atoms with van der Waals surface area (Å²) >= 11 is 0. The summed E-state index contributed by atoms with van der Waals surface area (Å²) in [4.78, 5) is 10.8. The van der Waals surface area contributed by atoms with E-state index < -0.39 is 11.5 Å². The maximum Gasteiger partial charge on any atom is 0.407 e. The van der Waals surface area contributed by atoms with Crippen molar-refractivity contribution in [2.24, 2.45) is 5.41 Å². The van der Waals surface area contributed by atoms with Crippen LogP contribution in [0.3, 0.4) is 0 Å². The Labute approximate surface area is 72.5 Å². The molecule has 12 heavy (non-hydrogen) atoms. The molecular weight excluding hydrogens is 156 g/mol. The highest BCUT2D eigenvalue weighted by atomic mass is 16.5. The average molecular weight is 170 g/mol. The summed E-state index contributed by atoms with van der Waals surface area (Å²) < 4.78 is 4.62. The molecule has 0 aliphatic carbocycles. The van der Waals surface area contributed by atoms with Crippen LogP contribution in [-0.4, -0.2) is 19.2 Å². The van der Waals surface area contributed by atoms with Gasteiger partial charge in [-0.2, -0.15) is 5.26 Å². The second-order valence-electron chi connectivity index (χ2n) is 3.07. The van der Waals surface area contributed by atoms with Gasteiger partial charge in [0.25, 0.3) is 0 Å². The molecule has 0 aromatic heterocycles. The van der Waals surface area contributed by atoms with Gasteiger partial charge >= 0.3 is 6.09 Å². The van der Waals surface area contributed by atoms with Crippen LogP contribution in [-0.2, 0) is 4.74 Å². The number of nitrogens with zero attached hydrogens (tertiary/aromatic N) is 1. The predicted molar refractivity (Wildman–Crippen MR) is 44.4 cm³/mol. The van der Waals surface area contributed by atoms with Crippen LogP contribution in [0.1, 0.15) is 20.8 Å². The minimum atomic E-state index is -0.535. The molecule has 1 amide bonds. The summed E-state index contributed by atoms with van der Waals surface area (Å²) in [6.07, 6.45) is -0.471. The number of rotatable bonds is 3. The zero-order valence-corrected chi connectivity index (χ0v) is 7.68. The Bertz CT molecular complexity index is 194. The summed E-state index contributed by atoms with van der Waals surface area (Å²) in [7, 11) is 0. The Balaban J connectivity index is 3.70. The van der Waals surface area contributed by atoms with Crippen molar-refractivity contribution < 1.29 is 9.53 Å². The van der Waals surface area contributed by atoms with E-state index in [1.54, 1.807) is 20.8 Å². The van der Waals surface area contributed by atoms with Crippen molar-refractivity contribution in [3.63, 3.8) is 0 Å². The van der Waals surface area contributed by atoms with E-state index >= 15 is 0 Å². The van der Waals surface area contributed by atoms with Crippen LogP contribution in [0.4, 0.5) is 4.79 Å². The Morgan fingerprint density at radius 3 is 2.67 bits per heavy atom. The smallest absolute Gasteiger partial charge is 0.407 e. The van der Waals surface area contributed by atoms with E-state index in [0.717, 1.165) is 0 Å². The van der Waals surface area contributed by atoms with E-state index in [4.69, 9.17) is 5.26 Å². The molecular formula is C8H14N2O2. The van der Waals surface area contributed by atoms with Gasteiger partial charge in [-0.3, -0.25) is 0 Å². The van der Waals surface area contributed by atoms with E-state index in [1.165, 1.54) is 0 Å². The van der Waals surface area contributed by atoms with Gasteiger partial charge in [-0.25, -0.2) is 4.79 Å². The van der Waals surface area contributed by atoms with Crippen molar-refractivity contribution in [2.75, 3.05) is 13.2 Å². The van der Waals surface area contributed by atoms with Crippen LogP contribution in [0.15, 0.2) is 0 Å². The molecule has 0 atom stereocenters. The quantitative estimate of drug-likeness (QED) is 0.694. The van der Waals surface area contributed by atoms with Gasteiger partial charge in [0.1, 0.15) is 0 Å². The Morgan fingerprint density at radius 1 is 1.67 bits per heavy atom. The van der Waals surface area contributed by atoms with Gasteiger partial charge in [0.05, 0.1) is 18.1 Å². The van der Waals surface area contributed by atoms with Gasteiger partial charge in [-0.1, -0.05) is 0 Å². The lowest BCUT2D eigenvalue weighted by atomic mass is 9.96. The van der Waals surface area contributed by atoms with Crippen LogP contribution in [0, 0.1) is 16.7 Å². The van der Waals surface area contributed by atoms with Crippen LogP contribution in [0.25, 0.3) is 0 Å². The summed E-state index contributed by atoms with van der Waals surface area (Å²) in [6.45, 7) is 5.88. The molecule has 0 saturated heterocycles. The Kier molecular flexibility index (Phi) is 4.12. The summed E-state index contributed by atoms with van der Waals surface area (Å²) in [5.74, 6) is 0.